The second-order valence-electron chi connectivity index (χ2n) is 5.19. The molecule has 0 aliphatic carbocycles. The van der Waals surface area contributed by atoms with E-state index in [0.29, 0.717) is 5.69 Å². The van der Waals surface area contributed by atoms with Gasteiger partial charge in [-0.3, -0.25) is 4.99 Å². The quantitative estimate of drug-likeness (QED) is 0.755. The molecule has 1 aliphatic heterocycles. The smallest absolute Gasteiger partial charge is 0.162 e. The van der Waals surface area contributed by atoms with Crippen LogP contribution in [0.1, 0.15) is 33.3 Å². The van der Waals surface area contributed by atoms with Crippen molar-refractivity contribution in [2.24, 2.45) is 4.99 Å². The molecule has 0 bridgehead atoms. The minimum Gasteiger partial charge on any atom is -0.399 e. The van der Waals surface area contributed by atoms with E-state index < -0.39 is 11.2 Å². The lowest BCUT2D eigenvalue weighted by Gasteiger charge is -2.33. The standard InChI is InChI=1S/C13H18N3O/c1-9-12(2,3)16(17)13(4,15-9)10-5-7-11(14)8-6-10/h5-8H,14H2,1-4H3. The molecule has 4 heteroatoms. The Morgan fingerprint density at radius 3 is 2.12 bits per heavy atom. The average molecular weight is 232 g/mol. The summed E-state index contributed by atoms with van der Waals surface area (Å²) in [5.74, 6) is 0. The van der Waals surface area contributed by atoms with Crippen molar-refractivity contribution < 1.29 is 5.21 Å². The van der Waals surface area contributed by atoms with Crippen LogP contribution in [0.5, 0.6) is 0 Å². The van der Waals surface area contributed by atoms with Crippen LogP contribution in [0.2, 0.25) is 0 Å². The van der Waals surface area contributed by atoms with Gasteiger partial charge in [-0.2, -0.15) is 0 Å². The van der Waals surface area contributed by atoms with Crippen LogP contribution in [-0.2, 0) is 10.9 Å². The highest BCUT2D eigenvalue weighted by atomic mass is 16.5. The van der Waals surface area contributed by atoms with Crippen molar-refractivity contribution in [2.75, 3.05) is 5.73 Å². The maximum Gasteiger partial charge on any atom is 0.162 e. The summed E-state index contributed by atoms with van der Waals surface area (Å²) >= 11 is 0. The molecule has 0 amide bonds. The second kappa shape index (κ2) is 3.55. The molecule has 1 aromatic carbocycles. The molecular formula is C13H18N3O. The zero-order valence-electron chi connectivity index (χ0n) is 10.7. The summed E-state index contributed by atoms with van der Waals surface area (Å²) in [6.45, 7) is 7.51. The molecule has 1 radical (unpaired) electrons. The zero-order valence-corrected chi connectivity index (χ0v) is 10.7. The van der Waals surface area contributed by atoms with E-state index in [-0.39, 0.29) is 0 Å². The van der Waals surface area contributed by atoms with Crippen LogP contribution >= 0.6 is 0 Å². The fourth-order valence-corrected chi connectivity index (χ4v) is 2.18. The lowest BCUT2D eigenvalue weighted by molar-refractivity contribution is -0.250. The number of benzene rings is 1. The molecule has 0 saturated carbocycles. The Balaban J connectivity index is 2.48. The van der Waals surface area contributed by atoms with Gasteiger partial charge in [0.2, 0.25) is 0 Å². The van der Waals surface area contributed by atoms with Crippen molar-refractivity contribution in [3.63, 3.8) is 0 Å². The number of rotatable bonds is 1. The van der Waals surface area contributed by atoms with Crippen molar-refractivity contribution >= 4 is 11.4 Å². The summed E-state index contributed by atoms with van der Waals surface area (Å²) < 4.78 is 0. The number of anilines is 1. The SMILES string of the molecule is CC1=NC(C)(c2ccc(N)cc2)N([O])C1(C)C. The van der Waals surface area contributed by atoms with Gasteiger partial charge in [-0.1, -0.05) is 12.1 Å². The Morgan fingerprint density at radius 2 is 1.71 bits per heavy atom. The molecule has 2 N–H and O–H groups in total. The topological polar surface area (TPSA) is 61.5 Å². The third-order valence-electron chi connectivity index (χ3n) is 3.63. The molecule has 0 spiro atoms. The monoisotopic (exact) mass is 232 g/mol. The summed E-state index contributed by atoms with van der Waals surface area (Å²) in [5.41, 5.74) is 6.66. The Labute approximate surface area is 102 Å². The van der Waals surface area contributed by atoms with Gasteiger partial charge in [0, 0.05) is 11.4 Å². The van der Waals surface area contributed by atoms with Gasteiger partial charge >= 0.3 is 0 Å². The van der Waals surface area contributed by atoms with Gasteiger partial charge < -0.3 is 5.73 Å². The third kappa shape index (κ3) is 1.64. The zero-order chi connectivity index (χ0) is 12.8. The number of nitrogen functional groups attached to an aromatic ring is 1. The van der Waals surface area contributed by atoms with Gasteiger partial charge in [-0.05, 0) is 45.4 Å². The maximum absolute atomic E-state index is 12.4. The molecule has 2 rings (SSSR count). The first-order chi connectivity index (χ1) is 7.78. The van der Waals surface area contributed by atoms with Gasteiger partial charge in [-0.15, -0.1) is 10.3 Å². The predicted octanol–water partition coefficient (Wildman–Crippen LogP) is 2.34. The number of hydroxylamine groups is 2. The van der Waals surface area contributed by atoms with Gasteiger partial charge in [0.1, 0.15) is 0 Å². The average Bonchev–Trinajstić information content (AvgIpc) is 2.42. The fraction of sp³-hybridized carbons (Fsp3) is 0.462. The number of nitrogens with zero attached hydrogens (tertiary/aromatic N) is 2. The van der Waals surface area contributed by atoms with Crippen molar-refractivity contribution in [3.05, 3.63) is 29.8 Å². The summed E-state index contributed by atoms with van der Waals surface area (Å²) in [4.78, 5) is 4.54. The first-order valence-electron chi connectivity index (χ1n) is 5.69. The number of hydrogen-bond donors (Lipinski definition) is 1. The van der Waals surface area contributed by atoms with Gasteiger partial charge in [0.15, 0.2) is 5.66 Å². The van der Waals surface area contributed by atoms with Gasteiger partial charge in [0.25, 0.3) is 0 Å². The number of hydrogen-bond acceptors (Lipinski definition) is 3. The Bertz CT molecular complexity index is 464. The first-order valence-corrected chi connectivity index (χ1v) is 5.69. The summed E-state index contributed by atoms with van der Waals surface area (Å²) in [6, 6.07) is 7.31. The molecule has 1 aliphatic rings. The summed E-state index contributed by atoms with van der Waals surface area (Å²) in [7, 11) is 0. The molecular weight excluding hydrogens is 214 g/mol. The van der Waals surface area contributed by atoms with E-state index in [0.717, 1.165) is 16.3 Å². The molecule has 1 heterocycles. The van der Waals surface area contributed by atoms with E-state index in [1.54, 1.807) is 12.1 Å². The largest absolute Gasteiger partial charge is 0.399 e. The summed E-state index contributed by atoms with van der Waals surface area (Å²) in [6.07, 6.45) is 0. The van der Waals surface area contributed by atoms with E-state index >= 15 is 0 Å². The van der Waals surface area contributed by atoms with E-state index in [9.17, 15) is 5.21 Å². The molecule has 0 saturated heterocycles. The molecule has 0 aromatic heterocycles. The number of nitrogens with two attached hydrogens (primary N) is 1. The third-order valence-corrected chi connectivity index (χ3v) is 3.63. The van der Waals surface area contributed by atoms with Crippen molar-refractivity contribution in [2.45, 2.75) is 38.9 Å². The molecule has 1 atom stereocenters. The van der Waals surface area contributed by atoms with Gasteiger partial charge in [0.05, 0.1) is 5.54 Å². The van der Waals surface area contributed by atoms with Crippen LogP contribution in [0.15, 0.2) is 29.3 Å². The lowest BCUT2D eigenvalue weighted by atomic mass is 9.97. The highest BCUT2D eigenvalue weighted by Crippen LogP contribution is 2.40. The molecule has 17 heavy (non-hydrogen) atoms. The van der Waals surface area contributed by atoms with Crippen LogP contribution < -0.4 is 5.73 Å². The fourth-order valence-electron chi connectivity index (χ4n) is 2.18. The van der Waals surface area contributed by atoms with Crippen LogP contribution in [0, 0.1) is 0 Å². The van der Waals surface area contributed by atoms with Crippen LogP contribution in [-0.4, -0.2) is 16.3 Å². The minimum atomic E-state index is -0.846. The van der Waals surface area contributed by atoms with Gasteiger partial charge in [-0.25, -0.2) is 0 Å². The minimum absolute atomic E-state index is 0.559. The van der Waals surface area contributed by atoms with Crippen molar-refractivity contribution in [1.82, 2.24) is 5.06 Å². The Morgan fingerprint density at radius 1 is 1.18 bits per heavy atom. The number of aliphatic imine (C=N–C) groups is 1. The van der Waals surface area contributed by atoms with E-state index in [2.05, 4.69) is 4.99 Å². The molecule has 0 fully saturated rings. The normalized spacial score (nSPS) is 28.2. The van der Waals surface area contributed by atoms with E-state index in [1.807, 2.05) is 39.8 Å². The van der Waals surface area contributed by atoms with E-state index in [1.165, 1.54) is 0 Å². The highest BCUT2D eigenvalue weighted by Gasteiger charge is 2.50. The highest BCUT2D eigenvalue weighted by molar-refractivity contribution is 5.92. The van der Waals surface area contributed by atoms with Crippen LogP contribution in [0.25, 0.3) is 0 Å². The molecule has 1 unspecified atom stereocenters. The molecule has 1 aromatic rings. The Kier molecular flexibility index (Phi) is 2.52. The maximum atomic E-state index is 12.4. The van der Waals surface area contributed by atoms with E-state index in [4.69, 9.17) is 5.73 Å². The second-order valence-corrected chi connectivity index (χ2v) is 5.19. The van der Waals surface area contributed by atoms with Crippen molar-refractivity contribution in [3.8, 4) is 0 Å². The first kappa shape index (κ1) is 12.1. The predicted molar refractivity (Wildman–Crippen MR) is 67.9 cm³/mol. The van der Waals surface area contributed by atoms with Crippen LogP contribution in [0.4, 0.5) is 5.69 Å². The van der Waals surface area contributed by atoms with Crippen molar-refractivity contribution in [1.29, 1.82) is 0 Å². The lowest BCUT2D eigenvalue weighted by Crippen LogP contribution is -2.48. The Hall–Kier alpha value is -1.39. The molecule has 91 valence electrons. The summed E-state index contributed by atoms with van der Waals surface area (Å²) in [5, 5.41) is 13.5. The van der Waals surface area contributed by atoms with Crippen LogP contribution in [0.3, 0.4) is 0 Å². The molecule has 4 nitrogen and oxygen atoms in total.